The molecule has 0 spiro atoms. The van der Waals surface area contributed by atoms with Gasteiger partial charge in [0.2, 0.25) is 11.1 Å². The minimum Gasteiger partial charge on any atom is -0.490 e. The van der Waals surface area contributed by atoms with Gasteiger partial charge in [-0.3, -0.25) is 4.79 Å². The highest BCUT2D eigenvalue weighted by atomic mass is 35.5. The summed E-state index contributed by atoms with van der Waals surface area (Å²) in [6.07, 6.45) is 0. The molecule has 1 aromatic heterocycles. The molecule has 8 nitrogen and oxygen atoms in total. The van der Waals surface area contributed by atoms with Crippen molar-refractivity contribution in [3.63, 3.8) is 0 Å². The second-order valence-corrected chi connectivity index (χ2v) is 12.2. The minimum atomic E-state index is -0.591. The molecule has 2 N–H and O–H groups in total. The van der Waals surface area contributed by atoms with E-state index < -0.39 is 6.04 Å². The van der Waals surface area contributed by atoms with Gasteiger partial charge in [-0.05, 0) is 67.8 Å². The van der Waals surface area contributed by atoms with E-state index in [9.17, 15) is 4.79 Å². The molecule has 1 aliphatic rings. The Bertz CT molecular complexity index is 1890. The fourth-order valence-corrected chi connectivity index (χ4v) is 6.43. The van der Waals surface area contributed by atoms with Gasteiger partial charge in [0.15, 0.2) is 11.5 Å². The van der Waals surface area contributed by atoms with Crippen LogP contribution >= 0.6 is 23.4 Å². The Morgan fingerprint density at radius 3 is 2.54 bits per heavy atom. The van der Waals surface area contributed by atoms with Gasteiger partial charge in [-0.15, -0.1) is 5.10 Å². The predicted octanol–water partition coefficient (Wildman–Crippen LogP) is 8.44. The molecule has 5 aromatic rings. The highest BCUT2D eigenvalue weighted by molar-refractivity contribution is 7.98. The first-order valence-corrected chi connectivity index (χ1v) is 16.4. The normalized spacial score (nSPS) is 14.0. The molecular weight excluding hydrogens is 618 g/mol. The highest BCUT2D eigenvalue weighted by Gasteiger charge is 2.35. The van der Waals surface area contributed by atoms with E-state index in [4.69, 9.17) is 31.2 Å². The molecule has 46 heavy (non-hydrogen) atoms. The molecule has 6 rings (SSSR count). The lowest BCUT2D eigenvalue weighted by atomic mass is 9.94. The second kappa shape index (κ2) is 14.1. The van der Waals surface area contributed by atoms with Crippen molar-refractivity contribution in [2.24, 2.45) is 0 Å². The fraction of sp³-hybridized carbons (Fsp3) is 0.194. The number of benzene rings is 4. The van der Waals surface area contributed by atoms with E-state index in [2.05, 4.69) is 29.7 Å². The van der Waals surface area contributed by atoms with Crippen molar-refractivity contribution in [2.75, 3.05) is 17.2 Å². The third kappa shape index (κ3) is 7.06. The number of allylic oxidation sites excluding steroid dienone is 1. The summed E-state index contributed by atoms with van der Waals surface area (Å²) in [6, 6.07) is 30.5. The van der Waals surface area contributed by atoms with Crippen molar-refractivity contribution >= 4 is 40.9 Å². The maximum Gasteiger partial charge on any atom is 0.255 e. The standard InChI is InChI=1S/C36H34ClN5O3S/c1-4-44-31-20-26(17-18-30(31)45-21-25-12-10-11-23(2)19-25)33-32(34(43)39-28-14-6-5-7-15-28)24(3)38-35-40-36(41-42(33)35)46-22-27-13-8-9-16-29(27)37/h5-20,33H,4,21-22H2,1-3H3,(H,39,43)(H,38,40,41). The van der Waals surface area contributed by atoms with Crippen LogP contribution in [0.5, 0.6) is 11.5 Å². The Hall–Kier alpha value is -4.73. The molecule has 234 valence electrons. The van der Waals surface area contributed by atoms with Gasteiger partial charge in [-0.2, -0.15) is 4.98 Å². The van der Waals surface area contributed by atoms with Crippen molar-refractivity contribution in [3.8, 4) is 11.5 Å². The quantitative estimate of drug-likeness (QED) is 0.139. The van der Waals surface area contributed by atoms with E-state index >= 15 is 0 Å². The summed E-state index contributed by atoms with van der Waals surface area (Å²) in [7, 11) is 0. The van der Waals surface area contributed by atoms with Crippen molar-refractivity contribution in [1.82, 2.24) is 14.8 Å². The zero-order valence-electron chi connectivity index (χ0n) is 25.8. The minimum absolute atomic E-state index is 0.245. The van der Waals surface area contributed by atoms with Gasteiger partial charge >= 0.3 is 0 Å². The van der Waals surface area contributed by atoms with Crippen LogP contribution in [0.4, 0.5) is 11.6 Å². The van der Waals surface area contributed by atoms with Gasteiger partial charge in [-0.1, -0.05) is 95.7 Å². The van der Waals surface area contributed by atoms with Crippen LogP contribution in [0, 0.1) is 6.92 Å². The van der Waals surface area contributed by atoms with Gasteiger partial charge in [0.25, 0.3) is 5.91 Å². The molecule has 0 saturated carbocycles. The lowest BCUT2D eigenvalue weighted by Crippen LogP contribution is -2.31. The third-order valence-corrected chi connectivity index (χ3v) is 8.74. The third-order valence-electron chi connectivity index (χ3n) is 7.48. The number of thioether (sulfide) groups is 1. The zero-order chi connectivity index (χ0) is 32.0. The first kappa shape index (κ1) is 31.3. The molecule has 0 aliphatic carbocycles. The van der Waals surface area contributed by atoms with E-state index in [0.717, 1.165) is 16.7 Å². The van der Waals surface area contributed by atoms with E-state index in [1.807, 2.05) is 98.8 Å². The van der Waals surface area contributed by atoms with Crippen LogP contribution in [-0.2, 0) is 17.2 Å². The Morgan fingerprint density at radius 1 is 0.957 bits per heavy atom. The SMILES string of the molecule is CCOc1cc(C2C(C(=O)Nc3ccccc3)=C(C)Nc3nc(SCc4ccccc4Cl)nn32)ccc1OCc1cccc(C)c1. The summed E-state index contributed by atoms with van der Waals surface area (Å²) in [6.45, 7) is 6.72. The number of nitrogens with one attached hydrogen (secondary N) is 2. The van der Waals surface area contributed by atoms with Crippen LogP contribution in [0.3, 0.4) is 0 Å². The van der Waals surface area contributed by atoms with Crippen molar-refractivity contribution in [2.45, 2.75) is 44.3 Å². The van der Waals surface area contributed by atoms with E-state index in [0.29, 0.717) is 63.6 Å². The van der Waals surface area contributed by atoms with Gasteiger partial charge in [-0.25, -0.2) is 4.68 Å². The number of ether oxygens (including phenoxy) is 2. The molecule has 0 fully saturated rings. The largest absolute Gasteiger partial charge is 0.490 e. The lowest BCUT2D eigenvalue weighted by molar-refractivity contribution is -0.113. The van der Waals surface area contributed by atoms with Gasteiger partial charge in [0, 0.05) is 22.2 Å². The molecule has 1 unspecified atom stereocenters. The summed E-state index contributed by atoms with van der Waals surface area (Å²) in [5.74, 6) is 2.10. The number of amides is 1. The number of aryl methyl sites for hydroxylation is 1. The van der Waals surface area contributed by atoms with Gasteiger partial charge in [0.1, 0.15) is 12.6 Å². The number of hydrogen-bond donors (Lipinski definition) is 2. The summed E-state index contributed by atoms with van der Waals surface area (Å²) in [4.78, 5) is 18.7. The Kier molecular flexibility index (Phi) is 9.61. The molecule has 4 aromatic carbocycles. The number of nitrogens with zero attached hydrogens (tertiary/aromatic N) is 3. The summed E-state index contributed by atoms with van der Waals surface area (Å²) < 4.78 is 14.1. The molecule has 1 amide bonds. The first-order chi connectivity index (χ1) is 22.4. The van der Waals surface area contributed by atoms with Gasteiger partial charge in [0.05, 0.1) is 12.2 Å². The van der Waals surface area contributed by atoms with Crippen molar-refractivity contribution in [1.29, 1.82) is 0 Å². The van der Waals surface area contributed by atoms with E-state index in [1.54, 1.807) is 4.68 Å². The van der Waals surface area contributed by atoms with Crippen LogP contribution in [-0.4, -0.2) is 27.3 Å². The molecule has 2 heterocycles. The molecule has 1 atom stereocenters. The van der Waals surface area contributed by atoms with E-state index in [1.165, 1.54) is 17.3 Å². The van der Waals surface area contributed by atoms with Crippen LogP contribution in [0.15, 0.2) is 113 Å². The van der Waals surface area contributed by atoms with Crippen LogP contribution in [0.1, 0.15) is 42.1 Å². The maximum absolute atomic E-state index is 13.9. The predicted molar refractivity (Wildman–Crippen MR) is 184 cm³/mol. The number of anilines is 2. The zero-order valence-corrected chi connectivity index (χ0v) is 27.4. The summed E-state index contributed by atoms with van der Waals surface area (Å²) in [5.41, 5.74) is 5.92. The number of halogens is 1. The topological polar surface area (TPSA) is 90.3 Å². The Balaban J connectivity index is 1.36. The van der Waals surface area contributed by atoms with Crippen LogP contribution < -0.4 is 20.1 Å². The number of hydrogen-bond acceptors (Lipinski definition) is 7. The summed E-state index contributed by atoms with van der Waals surface area (Å²) in [5, 5.41) is 12.5. The average molecular weight is 652 g/mol. The number of rotatable bonds is 11. The molecule has 1 aliphatic heterocycles. The van der Waals surface area contributed by atoms with E-state index in [-0.39, 0.29) is 5.91 Å². The monoisotopic (exact) mass is 651 g/mol. The molecular formula is C36H34ClN5O3S. The Morgan fingerprint density at radius 2 is 1.76 bits per heavy atom. The van der Waals surface area contributed by atoms with Crippen molar-refractivity contribution in [3.05, 3.63) is 136 Å². The molecule has 10 heteroatoms. The van der Waals surface area contributed by atoms with Crippen molar-refractivity contribution < 1.29 is 14.3 Å². The van der Waals surface area contributed by atoms with Gasteiger partial charge < -0.3 is 20.1 Å². The number of carbonyl (C=O) groups excluding carboxylic acids is 1. The maximum atomic E-state index is 13.9. The average Bonchev–Trinajstić information content (AvgIpc) is 3.46. The highest BCUT2D eigenvalue weighted by Crippen LogP contribution is 2.40. The fourth-order valence-electron chi connectivity index (χ4n) is 5.32. The number of fused-ring (bicyclic) bond motifs is 1. The molecule has 0 radical (unpaired) electrons. The summed E-state index contributed by atoms with van der Waals surface area (Å²) >= 11 is 7.89. The molecule has 0 saturated heterocycles. The smallest absolute Gasteiger partial charge is 0.255 e. The molecule has 0 bridgehead atoms. The van der Waals surface area contributed by atoms with Crippen LogP contribution in [0.2, 0.25) is 5.02 Å². The first-order valence-electron chi connectivity index (χ1n) is 15.0. The number of aromatic nitrogens is 3. The second-order valence-electron chi connectivity index (χ2n) is 10.8. The lowest BCUT2D eigenvalue weighted by Gasteiger charge is -2.29. The number of para-hydroxylation sites is 1. The number of carbonyl (C=O) groups is 1. The van der Waals surface area contributed by atoms with Crippen LogP contribution in [0.25, 0.3) is 0 Å². The Labute approximate surface area is 277 Å².